The molecule has 8 aromatic carbocycles. The van der Waals surface area contributed by atoms with Gasteiger partial charge in [0, 0.05) is 49.0 Å². The van der Waals surface area contributed by atoms with Crippen molar-refractivity contribution in [3.8, 4) is 33.9 Å². The van der Waals surface area contributed by atoms with Gasteiger partial charge in [0.15, 0.2) is 5.82 Å². The molecule has 0 N–H and O–H groups in total. The van der Waals surface area contributed by atoms with Gasteiger partial charge < -0.3 is 8.80 Å². The molecule has 0 radical (unpaired) electrons. The molecule has 0 aliphatic rings. The van der Waals surface area contributed by atoms with E-state index in [2.05, 4.69) is 179 Å². The summed E-state index contributed by atoms with van der Waals surface area (Å²) in [6.45, 7) is 0. The Bertz CT molecular complexity index is 3430. The van der Waals surface area contributed by atoms with Crippen molar-refractivity contribution in [1.82, 2.24) is 18.8 Å². The summed E-state index contributed by atoms with van der Waals surface area (Å²) >= 11 is 0. The van der Waals surface area contributed by atoms with Gasteiger partial charge in [-0.15, -0.1) is 0 Å². The van der Waals surface area contributed by atoms with Gasteiger partial charge in [0.1, 0.15) is 0 Å². The monoisotopic (exact) mass is 686 g/mol. The predicted molar refractivity (Wildman–Crippen MR) is 225 cm³/mol. The van der Waals surface area contributed by atoms with Crippen LogP contribution in [0, 0.1) is 0 Å². The van der Waals surface area contributed by atoms with E-state index in [9.17, 15) is 0 Å². The molecule has 0 unspecified atom stereocenters. The lowest BCUT2D eigenvalue weighted by molar-refractivity contribution is 1.18. The van der Waals surface area contributed by atoms with Crippen molar-refractivity contribution in [1.29, 1.82) is 0 Å². The third kappa shape index (κ3) is 4.08. The predicted octanol–water partition coefficient (Wildman–Crippen LogP) is 12.9. The Morgan fingerprint density at radius 3 is 1.63 bits per heavy atom. The van der Waals surface area contributed by atoms with E-state index in [1.165, 1.54) is 54.4 Å². The van der Waals surface area contributed by atoms with Crippen LogP contribution in [0.25, 0.3) is 110 Å². The third-order valence-corrected chi connectivity index (χ3v) is 11.2. The van der Waals surface area contributed by atoms with Crippen LogP contribution < -0.4 is 0 Å². The van der Waals surface area contributed by atoms with Crippen LogP contribution in [0.15, 0.2) is 182 Å². The molecule has 0 bridgehead atoms. The molecule has 250 valence electrons. The van der Waals surface area contributed by atoms with Crippen LogP contribution in [0.2, 0.25) is 0 Å². The molecule has 54 heavy (non-hydrogen) atoms. The molecule has 0 aliphatic carbocycles. The van der Waals surface area contributed by atoms with E-state index in [0.29, 0.717) is 5.82 Å². The number of para-hydroxylation sites is 3. The minimum atomic E-state index is 0.702. The van der Waals surface area contributed by atoms with Crippen LogP contribution in [0.5, 0.6) is 0 Å². The fraction of sp³-hybridized carbons (Fsp3) is 0. The maximum atomic E-state index is 5.41. The molecular formula is C50H30N4. The van der Waals surface area contributed by atoms with Crippen molar-refractivity contribution in [2.75, 3.05) is 0 Å². The van der Waals surface area contributed by atoms with Gasteiger partial charge in [-0.25, -0.2) is 9.97 Å². The average molecular weight is 687 g/mol. The Hall–Kier alpha value is -7.30. The Labute approximate surface area is 309 Å². The molecule has 12 rings (SSSR count). The normalized spacial score (nSPS) is 12.1. The average Bonchev–Trinajstić information content (AvgIpc) is 3.76. The molecule has 0 saturated heterocycles. The molecule has 4 heteroatoms. The summed E-state index contributed by atoms with van der Waals surface area (Å²) in [4.78, 5) is 10.6. The molecule has 12 aromatic rings. The molecule has 0 spiro atoms. The van der Waals surface area contributed by atoms with Gasteiger partial charge in [0.05, 0.1) is 44.5 Å². The first-order valence-corrected chi connectivity index (χ1v) is 18.4. The van der Waals surface area contributed by atoms with Crippen molar-refractivity contribution in [2.45, 2.75) is 0 Å². The van der Waals surface area contributed by atoms with Crippen molar-refractivity contribution in [3.63, 3.8) is 0 Å². The van der Waals surface area contributed by atoms with Gasteiger partial charge in [0.25, 0.3) is 0 Å². The number of rotatable bonds is 3. The maximum Gasteiger partial charge on any atom is 0.160 e. The summed E-state index contributed by atoms with van der Waals surface area (Å²) in [5.41, 5.74) is 11.9. The van der Waals surface area contributed by atoms with E-state index in [0.717, 1.165) is 49.9 Å². The van der Waals surface area contributed by atoms with Gasteiger partial charge in [-0.05, 0) is 47.2 Å². The Morgan fingerprint density at radius 2 is 0.889 bits per heavy atom. The number of hydrogen-bond donors (Lipinski definition) is 0. The second-order valence-corrected chi connectivity index (χ2v) is 14.2. The Kier molecular flexibility index (Phi) is 6.02. The summed E-state index contributed by atoms with van der Waals surface area (Å²) < 4.78 is 5.02. The summed E-state index contributed by atoms with van der Waals surface area (Å²) in [5, 5.41) is 9.63. The molecule has 0 aliphatic heterocycles. The Morgan fingerprint density at radius 1 is 0.333 bits per heavy atom. The molecule has 0 atom stereocenters. The third-order valence-electron chi connectivity index (χ3n) is 11.2. The summed E-state index contributed by atoms with van der Waals surface area (Å²) in [6.07, 6.45) is 0. The number of nitrogens with zero attached hydrogens (tertiary/aromatic N) is 4. The molecular weight excluding hydrogens is 657 g/mol. The number of benzene rings is 8. The molecule has 4 aromatic heterocycles. The lowest BCUT2D eigenvalue weighted by atomic mass is 9.96. The van der Waals surface area contributed by atoms with Crippen LogP contribution in [0.4, 0.5) is 0 Å². The standard InChI is InChI=1S/C50H30N4/c1-3-14-31(15-4-1)41-30-42(52-50(51-41)32-16-5-2-6-17-32)39-27-26-38-36-21-10-11-23-43(36)53-45-25-13-22-37-35-20-9-12-24-44(35)54(48(37)45)46-29-34-19-8-7-18-33(34)28-40(46)47(39)49(38)53/h1-30H. The highest BCUT2D eigenvalue weighted by atomic mass is 15.0. The zero-order chi connectivity index (χ0) is 35.3. The first-order chi connectivity index (χ1) is 26.8. The van der Waals surface area contributed by atoms with Crippen molar-refractivity contribution >= 4 is 76.2 Å². The van der Waals surface area contributed by atoms with Gasteiger partial charge in [-0.3, -0.25) is 0 Å². The van der Waals surface area contributed by atoms with Gasteiger partial charge >= 0.3 is 0 Å². The van der Waals surface area contributed by atoms with Crippen LogP contribution in [0.3, 0.4) is 0 Å². The molecule has 4 heterocycles. The van der Waals surface area contributed by atoms with Crippen molar-refractivity contribution in [3.05, 3.63) is 182 Å². The van der Waals surface area contributed by atoms with Crippen molar-refractivity contribution < 1.29 is 0 Å². The topological polar surface area (TPSA) is 34.6 Å². The number of hydrogen-bond acceptors (Lipinski definition) is 2. The van der Waals surface area contributed by atoms with Gasteiger partial charge in [-0.2, -0.15) is 0 Å². The molecule has 0 saturated carbocycles. The SMILES string of the molecule is c1ccc(-c2cc(-c3ccc4c5ccccc5n5c6cccc7c8ccccc8n(c8cc9ccccc9cc8c3c45)c76)nc(-c3ccccc3)n2)cc1. The highest BCUT2D eigenvalue weighted by Gasteiger charge is 2.22. The molecule has 0 fully saturated rings. The lowest BCUT2D eigenvalue weighted by Gasteiger charge is -2.15. The minimum absolute atomic E-state index is 0.702. The van der Waals surface area contributed by atoms with E-state index < -0.39 is 0 Å². The second kappa shape index (κ2) is 11.1. The van der Waals surface area contributed by atoms with Crippen LogP contribution >= 0.6 is 0 Å². The maximum absolute atomic E-state index is 5.41. The Balaban J connectivity index is 1.38. The fourth-order valence-corrected chi connectivity index (χ4v) is 8.90. The zero-order valence-corrected chi connectivity index (χ0v) is 29.1. The highest BCUT2D eigenvalue weighted by molar-refractivity contribution is 6.27. The quantitative estimate of drug-likeness (QED) is 0.185. The molecule has 0 amide bonds. The minimum Gasteiger partial charge on any atom is -0.307 e. The zero-order valence-electron chi connectivity index (χ0n) is 29.1. The lowest BCUT2D eigenvalue weighted by Crippen LogP contribution is -1.98. The second-order valence-electron chi connectivity index (χ2n) is 14.2. The van der Waals surface area contributed by atoms with E-state index in [1.54, 1.807) is 0 Å². The van der Waals surface area contributed by atoms with Crippen LogP contribution in [-0.2, 0) is 0 Å². The van der Waals surface area contributed by atoms with Gasteiger partial charge in [0.2, 0.25) is 0 Å². The van der Waals surface area contributed by atoms with E-state index in [4.69, 9.17) is 9.97 Å². The first kappa shape index (κ1) is 29.3. The van der Waals surface area contributed by atoms with Crippen LogP contribution in [0.1, 0.15) is 0 Å². The fourth-order valence-electron chi connectivity index (χ4n) is 8.90. The van der Waals surface area contributed by atoms with Crippen LogP contribution in [-0.4, -0.2) is 18.8 Å². The van der Waals surface area contributed by atoms with Crippen molar-refractivity contribution in [2.24, 2.45) is 0 Å². The summed E-state index contributed by atoms with van der Waals surface area (Å²) in [7, 11) is 0. The first-order valence-electron chi connectivity index (χ1n) is 18.4. The van der Waals surface area contributed by atoms with E-state index in [1.807, 2.05) is 12.1 Å². The van der Waals surface area contributed by atoms with E-state index >= 15 is 0 Å². The number of fused-ring (bicyclic) bond motifs is 11. The van der Waals surface area contributed by atoms with Gasteiger partial charge in [-0.1, -0.05) is 146 Å². The molecule has 4 nitrogen and oxygen atoms in total. The summed E-state index contributed by atoms with van der Waals surface area (Å²) in [6, 6.07) is 65.5. The smallest absolute Gasteiger partial charge is 0.160 e. The number of aromatic nitrogens is 4. The largest absolute Gasteiger partial charge is 0.307 e. The summed E-state index contributed by atoms with van der Waals surface area (Å²) in [5.74, 6) is 0.702. The van der Waals surface area contributed by atoms with E-state index in [-0.39, 0.29) is 0 Å². The highest BCUT2D eigenvalue weighted by Crippen LogP contribution is 2.44.